The molecule has 0 saturated carbocycles. The Morgan fingerprint density at radius 2 is 1.48 bits per heavy atom. The van der Waals surface area contributed by atoms with Crippen molar-refractivity contribution in [2.45, 2.75) is 79.3 Å². The molecule has 9 nitrogen and oxygen atoms in total. The molecule has 3 aliphatic rings. The Morgan fingerprint density at radius 1 is 0.870 bits per heavy atom. The number of hydrogen-bond donors (Lipinski definition) is 0. The molecule has 4 heterocycles. The van der Waals surface area contributed by atoms with E-state index in [0.717, 1.165) is 44.4 Å². The smallest absolute Gasteiger partial charge is 0.210 e. The molecule has 11 heteroatoms. The number of piperidine rings is 2. The molecule has 3 saturated heterocycles. The lowest BCUT2D eigenvalue weighted by molar-refractivity contribution is 0.0359. The van der Waals surface area contributed by atoms with E-state index in [1.165, 1.54) is 45.2 Å². The lowest BCUT2D eigenvalue weighted by Gasteiger charge is -2.46. The van der Waals surface area contributed by atoms with Gasteiger partial charge in [0.1, 0.15) is 10.6 Å². The molecule has 6 rings (SSSR count). The van der Waals surface area contributed by atoms with Gasteiger partial charge in [0.25, 0.3) is 0 Å². The molecule has 1 atom stereocenters. The number of piperazine rings is 1. The van der Waals surface area contributed by atoms with E-state index in [4.69, 9.17) is 4.74 Å². The van der Waals surface area contributed by atoms with Crippen LogP contribution in [0.4, 0.5) is 5.69 Å². The summed E-state index contributed by atoms with van der Waals surface area (Å²) in [5.74, 6) is 0.633. The molecule has 0 amide bonds. The average molecular weight is 668 g/mol. The van der Waals surface area contributed by atoms with Crippen molar-refractivity contribution >= 4 is 37.2 Å². The average Bonchev–Trinajstić information content (AvgIpc) is 3.08. The molecular formula is C35H49N5O4S2. The molecule has 2 aromatic carbocycles. The van der Waals surface area contributed by atoms with Crippen LogP contribution in [0.2, 0.25) is 0 Å². The van der Waals surface area contributed by atoms with E-state index >= 15 is 0 Å². The van der Waals surface area contributed by atoms with Gasteiger partial charge in [-0.25, -0.2) is 8.42 Å². The number of nitrogens with zero attached hydrogens (tertiary/aromatic N) is 5. The van der Waals surface area contributed by atoms with Crippen LogP contribution in [-0.2, 0) is 20.6 Å². The Kier molecular flexibility index (Phi) is 10.3. The topological polar surface area (TPSA) is 86.3 Å². The molecule has 46 heavy (non-hydrogen) atoms. The summed E-state index contributed by atoms with van der Waals surface area (Å²) >= 11 is 0. The summed E-state index contributed by atoms with van der Waals surface area (Å²) < 4.78 is 46.4. The molecule has 1 aromatic heterocycles. The predicted molar refractivity (Wildman–Crippen MR) is 185 cm³/mol. The number of pyridine rings is 1. The number of ether oxygens (including phenoxy) is 1. The van der Waals surface area contributed by atoms with Gasteiger partial charge in [0, 0.05) is 90.9 Å². The van der Waals surface area contributed by atoms with Gasteiger partial charge >= 0.3 is 0 Å². The van der Waals surface area contributed by atoms with Gasteiger partial charge in [0.05, 0.1) is 22.7 Å². The van der Waals surface area contributed by atoms with Crippen LogP contribution < -0.4 is 9.64 Å². The van der Waals surface area contributed by atoms with Crippen molar-refractivity contribution in [2.24, 2.45) is 0 Å². The third-order valence-corrected chi connectivity index (χ3v) is 12.9. The molecule has 0 unspecified atom stereocenters. The fourth-order valence-electron chi connectivity index (χ4n) is 7.54. The Morgan fingerprint density at radius 3 is 2.07 bits per heavy atom. The Labute approximate surface area is 277 Å². The zero-order chi connectivity index (χ0) is 32.4. The number of benzene rings is 2. The SMILES string of the molecule is CCOc1ccc(S(=O)(=O)c2cnc3ccc([S@](C)=O)cc3c2N2CCC(N3CCC(N4CCN(C(C)C)CC4)CC3)CC2)cc1. The molecular weight excluding hydrogens is 619 g/mol. The fraction of sp³-hybridized carbons (Fsp3) is 0.571. The van der Waals surface area contributed by atoms with E-state index in [1.54, 1.807) is 30.5 Å². The molecule has 3 aliphatic heterocycles. The zero-order valence-corrected chi connectivity index (χ0v) is 29.4. The second kappa shape index (κ2) is 14.3. The summed E-state index contributed by atoms with van der Waals surface area (Å²) in [6.07, 6.45) is 7.54. The molecule has 0 bridgehead atoms. The van der Waals surface area contributed by atoms with Crippen LogP contribution in [0.5, 0.6) is 5.75 Å². The van der Waals surface area contributed by atoms with Crippen LogP contribution in [0.15, 0.2) is 63.3 Å². The summed E-state index contributed by atoms with van der Waals surface area (Å²) in [5.41, 5.74) is 1.37. The molecule has 250 valence electrons. The van der Waals surface area contributed by atoms with Crippen LogP contribution >= 0.6 is 0 Å². The lowest BCUT2D eigenvalue weighted by atomic mass is 9.96. The molecule has 3 fully saturated rings. The van der Waals surface area contributed by atoms with Gasteiger partial charge in [-0.2, -0.15) is 0 Å². The fourth-order valence-corrected chi connectivity index (χ4v) is 9.52. The van der Waals surface area contributed by atoms with Crippen LogP contribution in [0.3, 0.4) is 0 Å². The van der Waals surface area contributed by atoms with Crippen LogP contribution in [0, 0.1) is 0 Å². The van der Waals surface area contributed by atoms with Gasteiger partial charge in [0.2, 0.25) is 9.84 Å². The molecule has 3 aromatic rings. The predicted octanol–water partition coefficient (Wildman–Crippen LogP) is 4.66. The number of sulfone groups is 1. The van der Waals surface area contributed by atoms with E-state index in [9.17, 15) is 12.6 Å². The maximum atomic E-state index is 14.2. The van der Waals surface area contributed by atoms with Gasteiger partial charge in [0.15, 0.2) is 0 Å². The van der Waals surface area contributed by atoms with Crippen molar-refractivity contribution in [2.75, 3.05) is 70.1 Å². The zero-order valence-electron chi connectivity index (χ0n) is 27.7. The summed E-state index contributed by atoms with van der Waals surface area (Å²) in [6.45, 7) is 15.5. The Hall–Kier alpha value is -2.57. The highest BCUT2D eigenvalue weighted by Crippen LogP contribution is 2.39. The van der Waals surface area contributed by atoms with Crippen molar-refractivity contribution in [3.05, 3.63) is 48.7 Å². The minimum absolute atomic E-state index is 0.194. The van der Waals surface area contributed by atoms with E-state index < -0.39 is 20.6 Å². The summed E-state index contributed by atoms with van der Waals surface area (Å²) in [6, 6.07) is 13.9. The highest BCUT2D eigenvalue weighted by Gasteiger charge is 2.34. The first kappa shape index (κ1) is 33.3. The number of rotatable bonds is 9. The van der Waals surface area contributed by atoms with E-state index in [-0.39, 0.29) is 9.79 Å². The van der Waals surface area contributed by atoms with E-state index in [1.807, 2.05) is 25.1 Å². The van der Waals surface area contributed by atoms with Crippen molar-refractivity contribution < 1.29 is 17.4 Å². The second-order valence-electron chi connectivity index (χ2n) is 13.2. The minimum atomic E-state index is -3.89. The van der Waals surface area contributed by atoms with Gasteiger partial charge in [-0.05, 0) is 102 Å². The third-order valence-electron chi connectivity index (χ3n) is 10.2. The first-order valence-corrected chi connectivity index (χ1v) is 19.9. The molecule has 0 aliphatic carbocycles. The largest absolute Gasteiger partial charge is 0.494 e. The van der Waals surface area contributed by atoms with Gasteiger partial charge in [-0.1, -0.05) is 0 Å². The van der Waals surface area contributed by atoms with Crippen molar-refractivity contribution in [1.29, 1.82) is 0 Å². The monoisotopic (exact) mass is 667 g/mol. The van der Waals surface area contributed by atoms with Crippen molar-refractivity contribution in [3.8, 4) is 5.75 Å². The van der Waals surface area contributed by atoms with Crippen LogP contribution in [-0.4, -0.2) is 116 Å². The van der Waals surface area contributed by atoms with Crippen molar-refractivity contribution in [1.82, 2.24) is 19.7 Å². The minimum Gasteiger partial charge on any atom is -0.494 e. The molecule has 0 radical (unpaired) electrons. The highest BCUT2D eigenvalue weighted by atomic mass is 32.2. The normalized spacial score (nSPS) is 20.8. The van der Waals surface area contributed by atoms with Crippen LogP contribution in [0.25, 0.3) is 10.9 Å². The van der Waals surface area contributed by atoms with Gasteiger partial charge < -0.3 is 14.5 Å². The first-order chi connectivity index (χ1) is 22.2. The number of anilines is 1. The van der Waals surface area contributed by atoms with E-state index in [2.05, 4.69) is 38.4 Å². The van der Waals surface area contributed by atoms with Crippen molar-refractivity contribution in [3.63, 3.8) is 0 Å². The summed E-state index contributed by atoms with van der Waals surface area (Å²) in [4.78, 5) is 15.9. The quantitative estimate of drug-likeness (QED) is 0.324. The number of hydrogen-bond acceptors (Lipinski definition) is 9. The standard InChI is InChI=1S/C35H49N5O4S2/c1-5-44-29-6-9-31(10-7-29)46(42,43)34-25-36-33-11-8-30(45(4)41)24-32(33)35(34)40-18-14-27(15-19-40)38-16-12-28(13-17-38)39-22-20-37(21-23-39)26(2)3/h6-11,24-28H,5,12-23H2,1-4H3/t45-/m0/s1. The molecule has 0 N–H and O–H groups in total. The Bertz CT molecular complexity index is 1620. The summed E-state index contributed by atoms with van der Waals surface area (Å²) in [5, 5.41) is 0.733. The Balaban J connectivity index is 1.20. The highest BCUT2D eigenvalue weighted by molar-refractivity contribution is 7.91. The van der Waals surface area contributed by atoms with Gasteiger partial charge in [-0.15, -0.1) is 0 Å². The number of likely N-dealkylation sites (tertiary alicyclic amines) is 1. The number of fused-ring (bicyclic) bond motifs is 1. The lowest BCUT2D eigenvalue weighted by Crippen LogP contribution is -2.56. The second-order valence-corrected chi connectivity index (χ2v) is 16.5. The third kappa shape index (κ3) is 6.99. The maximum Gasteiger partial charge on any atom is 0.210 e. The van der Waals surface area contributed by atoms with Crippen LogP contribution in [0.1, 0.15) is 46.5 Å². The molecule has 0 spiro atoms. The number of aromatic nitrogens is 1. The van der Waals surface area contributed by atoms with Gasteiger partial charge in [-0.3, -0.25) is 19.0 Å². The summed E-state index contributed by atoms with van der Waals surface area (Å²) in [7, 11) is -5.10. The maximum absolute atomic E-state index is 14.2. The first-order valence-electron chi connectivity index (χ1n) is 16.9. The van der Waals surface area contributed by atoms with E-state index in [0.29, 0.717) is 46.6 Å².